The third-order valence-corrected chi connectivity index (χ3v) is 4.59. The highest BCUT2D eigenvalue weighted by atomic mass is 16.7. The Balaban J connectivity index is 1.97. The highest BCUT2D eigenvalue weighted by Gasteiger charge is 2.53. The average Bonchev–Trinajstić information content (AvgIpc) is 3.07. The van der Waals surface area contributed by atoms with Crippen LogP contribution in [0, 0.1) is 6.92 Å². The minimum atomic E-state index is -0.333. The van der Waals surface area contributed by atoms with Crippen LogP contribution in [0.4, 0.5) is 0 Å². The van der Waals surface area contributed by atoms with Gasteiger partial charge in [0.15, 0.2) is 0 Å². The van der Waals surface area contributed by atoms with E-state index >= 15 is 0 Å². The van der Waals surface area contributed by atoms with Crippen LogP contribution in [0.5, 0.6) is 0 Å². The zero-order valence-electron chi connectivity index (χ0n) is 12.5. The van der Waals surface area contributed by atoms with Gasteiger partial charge in [0.25, 0.3) is 0 Å². The molecule has 0 aromatic carbocycles. The molecular formula is C15H22BNO2. The van der Waals surface area contributed by atoms with Crippen LogP contribution < -0.4 is 5.59 Å². The van der Waals surface area contributed by atoms with E-state index in [2.05, 4.69) is 39.8 Å². The van der Waals surface area contributed by atoms with Gasteiger partial charge in [-0.05, 0) is 65.0 Å². The van der Waals surface area contributed by atoms with E-state index in [0.29, 0.717) is 5.92 Å². The maximum absolute atomic E-state index is 6.14. The Labute approximate surface area is 115 Å². The molecule has 2 fully saturated rings. The van der Waals surface area contributed by atoms with Crippen molar-refractivity contribution < 1.29 is 9.31 Å². The van der Waals surface area contributed by atoms with Crippen LogP contribution in [0.3, 0.4) is 0 Å². The molecule has 2 aliphatic rings. The van der Waals surface area contributed by atoms with Gasteiger partial charge >= 0.3 is 7.12 Å². The molecular weight excluding hydrogens is 237 g/mol. The smallest absolute Gasteiger partial charge is 0.398 e. The van der Waals surface area contributed by atoms with Gasteiger partial charge < -0.3 is 9.31 Å². The standard InChI is InChI=1S/C15H22BNO2/c1-10-6-9-12(11-7-8-11)13(17-10)16-18-14(2,3)15(4,5)19-16/h6,9,11H,7-8H2,1-5H3. The molecule has 1 saturated carbocycles. The van der Waals surface area contributed by atoms with E-state index in [9.17, 15) is 0 Å². The quantitative estimate of drug-likeness (QED) is 0.765. The van der Waals surface area contributed by atoms with Gasteiger partial charge in [-0.1, -0.05) is 6.07 Å². The number of hydrogen-bond acceptors (Lipinski definition) is 3. The summed E-state index contributed by atoms with van der Waals surface area (Å²) in [5, 5.41) is 0. The molecule has 0 radical (unpaired) electrons. The van der Waals surface area contributed by atoms with E-state index in [1.54, 1.807) is 0 Å². The molecule has 1 aliphatic heterocycles. The molecule has 0 atom stereocenters. The summed E-state index contributed by atoms with van der Waals surface area (Å²) in [5.41, 5.74) is 2.72. The van der Waals surface area contributed by atoms with Gasteiger partial charge in [0.1, 0.15) is 0 Å². The fourth-order valence-corrected chi connectivity index (χ4v) is 2.47. The molecule has 0 unspecified atom stereocenters. The van der Waals surface area contributed by atoms with Crippen LogP contribution in [-0.2, 0) is 9.31 Å². The summed E-state index contributed by atoms with van der Waals surface area (Å²) in [6.07, 6.45) is 2.52. The normalized spacial score (nSPS) is 24.8. The van der Waals surface area contributed by atoms with Gasteiger partial charge in [-0.3, -0.25) is 4.98 Å². The second-order valence-corrected chi connectivity index (χ2v) is 6.79. The van der Waals surface area contributed by atoms with Crippen molar-refractivity contribution in [3.05, 3.63) is 23.4 Å². The highest BCUT2D eigenvalue weighted by molar-refractivity contribution is 6.61. The molecule has 19 heavy (non-hydrogen) atoms. The number of nitrogens with zero attached hydrogens (tertiary/aromatic N) is 1. The number of aromatic nitrogens is 1. The predicted molar refractivity (Wildman–Crippen MR) is 76.7 cm³/mol. The van der Waals surface area contributed by atoms with E-state index < -0.39 is 0 Å². The van der Waals surface area contributed by atoms with Crippen molar-refractivity contribution in [2.75, 3.05) is 0 Å². The molecule has 4 heteroatoms. The second kappa shape index (κ2) is 4.06. The first kappa shape index (κ1) is 13.1. The van der Waals surface area contributed by atoms with Crippen LogP contribution in [0.1, 0.15) is 57.7 Å². The summed E-state index contributed by atoms with van der Waals surface area (Å²) in [6, 6.07) is 4.28. The lowest BCUT2D eigenvalue weighted by Gasteiger charge is -2.32. The molecule has 0 N–H and O–H groups in total. The monoisotopic (exact) mass is 259 g/mol. The Morgan fingerprint density at radius 3 is 2.21 bits per heavy atom. The first-order valence-electron chi connectivity index (χ1n) is 7.13. The molecule has 0 spiro atoms. The SMILES string of the molecule is Cc1ccc(C2CC2)c(B2OC(C)(C)C(C)(C)O2)n1. The topological polar surface area (TPSA) is 31.4 Å². The lowest BCUT2D eigenvalue weighted by atomic mass is 9.79. The summed E-state index contributed by atoms with van der Waals surface area (Å²) in [5.74, 6) is 0.655. The molecule has 1 saturated heterocycles. The lowest BCUT2D eigenvalue weighted by molar-refractivity contribution is 0.00578. The number of aryl methyl sites for hydroxylation is 1. The van der Waals surface area contributed by atoms with Crippen LogP contribution in [0.2, 0.25) is 0 Å². The first-order chi connectivity index (χ1) is 8.80. The maximum atomic E-state index is 6.14. The molecule has 3 rings (SSSR count). The fourth-order valence-electron chi connectivity index (χ4n) is 2.47. The van der Waals surface area contributed by atoms with E-state index in [1.165, 1.54) is 18.4 Å². The van der Waals surface area contributed by atoms with Gasteiger partial charge in [0.05, 0.1) is 16.8 Å². The Hall–Kier alpha value is -0.865. The van der Waals surface area contributed by atoms with Crippen molar-refractivity contribution in [2.24, 2.45) is 0 Å². The lowest BCUT2D eigenvalue weighted by Crippen LogP contribution is -2.41. The largest absolute Gasteiger partial charge is 0.514 e. The van der Waals surface area contributed by atoms with Gasteiger partial charge in [0.2, 0.25) is 0 Å². The minimum absolute atomic E-state index is 0.302. The summed E-state index contributed by atoms with van der Waals surface area (Å²) < 4.78 is 12.3. The summed E-state index contributed by atoms with van der Waals surface area (Å²) in [6.45, 7) is 10.4. The number of pyridine rings is 1. The molecule has 1 aliphatic carbocycles. The molecule has 0 bridgehead atoms. The van der Waals surface area contributed by atoms with Crippen molar-refractivity contribution in [3.63, 3.8) is 0 Å². The first-order valence-corrected chi connectivity index (χ1v) is 7.13. The zero-order chi connectivity index (χ0) is 13.8. The van der Waals surface area contributed by atoms with Crippen LogP contribution >= 0.6 is 0 Å². The minimum Gasteiger partial charge on any atom is -0.398 e. The maximum Gasteiger partial charge on any atom is 0.514 e. The third kappa shape index (κ3) is 2.21. The van der Waals surface area contributed by atoms with Gasteiger partial charge in [-0.2, -0.15) is 0 Å². The highest BCUT2D eigenvalue weighted by Crippen LogP contribution is 2.41. The van der Waals surface area contributed by atoms with Crippen LogP contribution in [-0.4, -0.2) is 23.3 Å². The molecule has 0 amide bonds. The third-order valence-electron chi connectivity index (χ3n) is 4.59. The molecule has 1 aromatic rings. The van der Waals surface area contributed by atoms with Crippen molar-refractivity contribution in [1.82, 2.24) is 4.98 Å². The van der Waals surface area contributed by atoms with Crippen molar-refractivity contribution >= 4 is 12.7 Å². The number of hydrogen-bond donors (Lipinski definition) is 0. The number of rotatable bonds is 2. The Bertz CT molecular complexity index is 493. The van der Waals surface area contributed by atoms with Gasteiger partial charge in [-0.15, -0.1) is 0 Å². The van der Waals surface area contributed by atoms with Crippen molar-refractivity contribution in [3.8, 4) is 0 Å². The Kier molecular flexibility index (Phi) is 2.81. The molecule has 3 nitrogen and oxygen atoms in total. The average molecular weight is 259 g/mol. The van der Waals surface area contributed by atoms with Crippen LogP contribution in [0.15, 0.2) is 12.1 Å². The Morgan fingerprint density at radius 1 is 1.11 bits per heavy atom. The second-order valence-electron chi connectivity index (χ2n) is 6.79. The van der Waals surface area contributed by atoms with Gasteiger partial charge in [-0.25, -0.2) is 0 Å². The van der Waals surface area contributed by atoms with E-state index in [-0.39, 0.29) is 18.3 Å². The van der Waals surface area contributed by atoms with Gasteiger partial charge in [0, 0.05) is 5.69 Å². The Morgan fingerprint density at radius 2 is 1.68 bits per heavy atom. The predicted octanol–water partition coefficient (Wildman–Crippen LogP) is 2.57. The zero-order valence-corrected chi connectivity index (χ0v) is 12.5. The van der Waals surface area contributed by atoms with Crippen LogP contribution in [0.25, 0.3) is 0 Å². The van der Waals surface area contributed by atoms with Crippen molar-refractivity contribution in [2.45, 2.75) is 64.6 Å². The van der Waals surface area contributed by atoms with E-state index in [4.69, 9.17) is 14.3 Å². The van der Waals surface area contributed by atoms with E-state index in [0.717, 1.165) is 11.3 Å². The summed E-state index contributed by atoms with van der Waals surface area (Å²) in [7, 11) is -0.333. The van der Waals surface area contributed by atoms with E-state index in [1.807, 2.05) is 6.92 Å². The summed E-state index contributed by atoms with van der Waals surface area (Å²) in [4.78, 5) is 4.70. The summed E-state index contributed by atoms with van der Waals surface area (Å²) >= 11 is 0. The fraction of sp³-hybridized carbons (Fsp3) is 0.667. The van der Waals surface area contributed by atoms with Crippen molar-refractivity contribution in [1.29, 1.82) is 0 Å². The molecule has 2 heterocycles. The molecule has 102 valence electrons. The molecule has 1 aromatic heterocycles.